The lowest BCUT2D eigenvalue weighted by molar-refractivity contribution is -0.137. The molecule has 1 saturated heterocycles. The monoisotopic (exact) mass is 579 g/mol. The van der Waals surface area contributed by atoms with E-state index in [2.05, 4.69) is 20.7 Å². The Kier molecular flexibility index (Phi) is 7.89. The highest BCUT2D eigenvalue weighted by molar-refractivity contribution is 6.33. The summed E-state index contributed by atoms with van der Waals surface area (Å²) in [6.07, 6.45) is -1.69. The van der Waals surface area contributed by atoms with Crippen LogP contribution in [-0.2, 0) is 28.7 Å². The third kappa shape index (κ3) is 5.45. The molecule has 0 bridgehead atoms. The number of hydrogen-bond donors (Lipinski definition) is 2. The molecule has 1 atom stereocenters. The van der Waals surface area contributed by atoms with Crippen LogP contribution in [0.4, 0.5) is 24.5 Å². The summed E-state index contributed by atoms with van der Waals surface area (Å²) in [6.45, 7) is 6.52. The number of aromatic nitrogens is 4. The highest BCUT2D eigenvalue weighted by atomic mass is 35.5. The van der Waals surface area contributed by atoms with Gasteiger partial charge in [0, 0.05) is 25.7 Å². The maximum absolute atomic E-state index is 13.9. The molecule has 0 unspecified atom stereocenters. The van der Waals surface area contributed by atoms with E-state index in [1.165, 1.54) is 4.52 Å². The molecule has 0 spiro atoms. The first-order valence-corrected chi connectivity index (χ1v) is 13.4. The second-order valence-corrected chi connectivity index (χ2v) is 10.1. The first-order chi connectivity index (χ1) is 19.1. The maximum Gasteiger partial charge on any atom is 0.416 e. The molecule has 10 nitrogen and oxygen atoms in total. The summed E-state index contributed by atoms with van der Waals surface area (Å²) in [6, 6.07) is 2.75. The van der Waals surface area contributed by atoms with Crippen LogP contribution in [0.3, 0.4) is 0 Å². The van der Waals surface area contributed by atoms with Gasteiger partial charge in [-0.25, -0.2) is 0 Å². The average Bonchev–Trinajstić information content (AvgIpc) is 3.38. The van der Waals surface area contributed by atoms with Gasteiger partial charge in [-0.05, 0) is 43.5 Å². The van der Waals surface area contributed by atoms with Gasteiger partial charge in [0.2, 0.25) is 11.7 Å². The Bertz CT molecular complexity index is 1530. The topological polar surface area (TPSA) is 106 Å². The van der Waals surface area contributed by atoms with Crippen molar-refractivity contribution < 1.29 is 22.7 Å². The van der Waals surface area contributed by atoms with E-state index >= 15 is 0 Å². The summed E-state index contributed by atoms with van der Waals surface area (Å²) in [5.41, 5.74) is 0.701. The van der Waals surface area contributed by atoms with Gasteiger partial charge < -0.3 is 24.8 Å². The zero-order valence-corrected chi connectivity index (χ0v) is 22.8. The molecule has 3 aromatic rings. The van der Waals surface area contributed by atoms with Gasteiger partial charge in [0.1, 0.15) is 12.2 Å². The minimum absolute atomic E-state index is 0.0126. The van der Waals surface area contributed by atoms with Crippen molar-refractivity contribution in [1.82, 2.24) is 24.5 Å². The Hall–Kier alpha value is -3.42. The van der Waals surface area contributed by atoms with Gasteiger partial charge in [-0.3, -0.25) is 9.59 Å². The number of nitrogens with zero attached hydrogens (tertiary/aromatic N) is 5. The van der Waals surface area contributed by atoms with E-state index in [1.807, 2.05) is 24.8 Å². The predicted molar refractivity (Wildman–Crippen MR) is 145 cm³/mol. The first-order valence-electron chi connectivity index (χ1n) is 13.0. The fourth-order valence-electron chi connectivity index (χ4n) is 5.07. The minimum atomic E-state index is -4.56. The zero-order valence-electron chi connectivity index (χ0n) is 22.0. The molecule has 5 rings (SSSR count). The molecule has 0 saturated carbocycles. The normalized spacial score (nSPS) is 18.2. The fourth-order valence-corrected chi connectivity index (χ4v) is 5.29. The van der Waals surface area contributed by atoms with Crippen LogP contribution in [-0.4, -0.2) is 64.0 Å². The molecule has 2 aliphatic rings. The van der Waals surface area contributed by atoms with Crippen LogP contribution in [0.5, 0.6) is 0 Å². The molecular weight excluding hydrogens is 551 g/mol. The van der Waals surface area contributed by atoms with Crippen molar-refractivity contribution in [2.45, 2.75) is 45.5 Å². The molecule has 4 heterocycles. The number of ether oxygens (including phenoxy) is 1. The third-order valence-electron chi connectivity index (χ3n) is 7.07. The van der Waals surface area contributed by atoms with Crippen molar-refractivity contribution in [2.75, 3.05) is 43.1 Å². The maximum atomic E-state index is 13.9. The van der Waals surface area contributed by atoms with E-state index < -0.39 is 17.6 Å². The molecular formula is C26H29ClF3N7O3. The summed E-state index contributed by atoms with van der Waals surface area (Å²) in [5.74, 6) is 0.0356. The second kappa shape index (κ2) is 11.2. The SMILES string of the molecule is CCc1c(N2CCNC[C@@H]2C)c(=O)n2nc(C3=CCOCC3)nc2n1CC(=O)Nc1ccc(C(F)(F)F)cc1Cl. The van der Waals surface area contributed by atoms with Gasteiger partial charge in [-0.1, -0.05) is 24.6 Å². The Balaban J connectivity index is 1.58. The van der Waals surface area contributed by atoms with Crippen LogP contribution in [0, 0.1) is 0 Å². The van der Waals surface area contributed by atoms with Crippen molar-refractivity contribution in [2.24, 2.45) is 0 Å². The second-order valence-electron chi connectivity index (χ2n) is 9.73. The molecule has 40 heavy (non-hydrogen) atoms. The van der Waals surface area contributed by atoms with Crippen LogP contribution in [0.25, 0.3) is 11.4 Å². The van der Waals surface area contributed by atoms with E-state index in [9.17, 15) is 22.8 Å². The summed E-state index contributed by atoms with van der Waals surface area (Å²) >= 11 is 6.07. The summed E-state index contributed by atoms with van der Waals surface area (Å²) < 4.78 is 47.4. The smallest absolute Gasteiger partial charge is 0.377 e. The van der Waals surface area contributed by atoms with E-state index in [4.69, 9.17) is 16.3 Å². The van der Waals surface area contributed by atoms with Gasteiger partial charge in [-0.2, -0.15) is 22.7 Å². The number of hydrogen-bond acceptors (Lipinski definition) is 7. The molecule has 1 fully saturated rings. The van der Waals surface area contributed by atoms with Gasteiger partial charge >= 0.3 is 6.18 Å². The van der Waals surface area contributed by atoms with Crippen LogP contribution >= 0.6 is 11.6 Å². The van der Waals surface area contributed by atoms with Crippen LogP contribution in [0.15, 0.2) is 29.1 Å². The van der Waals surface area contributed by atoms with Gasteiger partial charge in [0.05, 0.1) is 35.2 Å². The molecule has 1 amide bonds. The molecule has 2 aromatic heterocycles. The van der Waals surface area contributed by atoms with E-state index in [1.54, 1.807) is 4.57 Å². The lowest BCUT2D eigenvalue weighted by atomic mass is 10.1. The average molecular weight is 580 g/mol. The van der Waals surface area contributed by atoms with Gasteiger partial charge in [0.25, 0.3) is 5.56 Å². The summed E-state index contributed by atoms with van der Waals surface area (Å²) in [5, 5.41) is 10.2. The number of halogens is 4. The predicted octanol–water partition coefficient (Wildman–Crippen LogP) is 3.37. The number of alkyl halides is 3. The molecule has 0 aliphatic carbocycles. The van der Waals surface area contributed by atoms with Crippen molar-refractivity contribution in [1.29, 1.82) is 0 Å². The van der Waals surface area contributed by atoms with Crippen LogP contribution < -0.4 is 21.1 Å². The lowest BCUT2D eigenvalue weighted by Crippen LogP contribution is -2.52. The molecule has 14 heteroatoms. The highest BCUT2D eigenvalue weighted by Gasteiger charge is 2.32. The highest BCUT2D eigenvalue weighted by Crippen LogP contribution is 2.34. The van der Waals surface area contributed by atoms with Crippen molar-refractivity contribution in [3.63, 3.8) is 0 Å². The molecule has 1 aromatic carbocycles. The standard InChI is InChI=1S/C26H29ClF3N7O3/c1-3-20-22(35-9-8-31-13-15(35)2)24(39)37-25(33-23(34-37)16-6-10-40-11-7-16)36(20)14-21(38)32-19-5-4-17(12-18(19)27)26(28,29)30/h4-6,12,15,31H,3,7-11,13-14H2,1-2H3,(H,32,38)/t15-/m0/s1. The first kappa shape index (κ1) is 28.1. The fraction of sp³-hybridized carbons (Fsp3) is 0.462. The molecule has 2 aliphatic heterocycles. The number of benzene rings is 1. The molecule has 214 valence electrons. The number of piperazine rings is 1. The minimum Gasteiger partial charge on any atom is -0.377 e. The van der Waals surface area contributed by atoms with Gasteiger partial charge in [0.15, 0.2) is 5.82 Å². The van der Waals surface area contributed by atoms with Gasteiger partial charge in [-0.15, -0.1) is 5.10 Å². The van der Waals surface area contributed by atoms with E-state index in [-0.39, 0.29) is 34.6 Å². The lowest BCUT2D eigenvalue weighted by Gasteiger charge is -2.36. The van der Waals surface area contributed by atoms with E-state index in [0.717, 1.165) is 23.8 Å². The van der Waals surface area contributed by atoms with E-state index in [0.29, 0.717) is 62.9 Å². The van der Waals surface area contributed by atoms with Crippen molar-refractivity contribution in [3.05, 3.63) is 56.7 Å². The van der Waals surface area contributed by atoms with Crippen molar-refractivity contribution in [3.8, 4) is 0 Å². The summed E-state index contributed by atoms with van der Waals surface area (Å²) in [7, 11) is 0. The number of rotatable bonds is 6. The molecule has 2 N–H and O–H groups in total. The Morgan fingerprint density at radius 1 is 1.32 bits per heavy atom. The Labute approximate surface area is 232 Å². The largest absolute Gasteiger partial charge is 0.416 e. The number of anilines is 2. The van der Waals surface area contributed by atoms with Crippen LogP contribution in [0.2, 0.25) is 5.02 Å². The number of carbonyl (C=O) groups is 1. The third-order valence-corrected chi connectivity index (χ3v) is 7.38. The number of nitrogens with one attached hydrogen (secondary N) is 2. The number of amides is 1. The number of carbonyl (C=O) groups excluding carboxylic acids is 1. The Morgan fingerprint density at radius 2 is 2.12 bits per heavy atom. The quantitative estimate of drug-likeness (QED) is 0.461. The number of fused-ring (bicyclic) bond motifs is 1. The zero-order chi connectivity index (χ0) is 28.6. The van der Waals surface area contributed by atoms with Crippen LogP contribution in [0.1, 0.15) is 37.4 Å². The Morgan fingerprint density at radius 3 is 2.77 bits per heavy atom. The summed E-state index contributed by atoms with van der Waals surface area (Å²) in [4.78, 5) is 33.8. The van der Waals surface area contributed by atoms with Crippen molar-refractivity contribution >= 4 is 40.2 Å². The molecule has 0 radical (unpaired) electrons.